The van der Waals surface area contributed by atoms with Crippen molar-refractivity contribution in [2.75, 3.05) is 7.11 Å². The van der Waals surface area contributed by atoms with E-state index < -0.39 is 17.3 Å². The van der Waals surface area contributed by atoms with Gasteiger partial charge in [0.2, 0.25) is 5.91 Å². The maximum atomic E-state index is 12.9. The molecule has 9 heteroatoms. The van der Waals surface area contributed by atoms with Crippen LogP contribution in [0.1, 0.15) is 27.2 Å². The molecule has 0 saturated carbocycles. The summed E-state index contributed by atoms with van der Waals surface area (Å²) < 4.78 is 6.01. The number of imide groups is 1. The van der Waals surface area contributed by atoms with Gasteiger partial charge in [-0.1, -0.05) is 37.2 Å². The molecule has 0 aliphatic rings. The van der Waals surface area contributed by atoms with E-state index in [4.69, 9.17) is 11.6 Å². The van der Waals surface area contributed by atoms with Crippen molar-refractivity contribution in [2.24, 2.45) is 5.92 Å². The predicted molar refractivity (Wildman–Crippen MR) is 106 cm³/mol. The Morgan fingerprint density at radius 2 is 2.04 bits per heavy atom. The Morgan fingerprint density at radius 1 is 1.33 bits per heavy atom. The van der Waals surface area contributed by atoms with Crippen LogP contribution >= 0.6 is 23.4 Å². The fraction of sp³-hybridized carbons (Fsp3) is 0.444. The summed E-state index contributed by atoms with van der Waals surface area (Å²) in [7, 11) is 1.18. The maximum absolute atomic E-state index is 12.9. The molecule has 0 unspecified atom stereocenters. The zero-order valence-corrected chi connectivity index (χ0v) is 17.2. The molecule has 0 fully saturated rings. The van der Waals surface area contributed by atoms with Gasteiger partial charge in [-0.15, -0.1) is 0 Å². The highest BCUT2D eigenvalue weighted by Crippen LogP contribution is 2.24. The quantitative estimate of drug-likeness (QED) is 0.578. The second-order valence-electron chi connectivity index (χ2n) is 6.44. The molecule has 0 aliphatic heterocycles. The van der Waals surface area contributed by atoms with Gasteiger partial charge in [0, 0.05) is 11.6 Å². The standard InChI is InChI=1S/C18H22ClN3O4S/c1-10(2)7-8-22-16(24)13-6-5-12(19)9-14(13)20-17(22)27-11(3)15(23)21-18(25)26-4/h5-6,9-11H,7-8H2,1-4H3,(H,21,23,25)/t11-/m1/s1. The second-order valence-corrected chi connectivity index (χ2v) is 8.18. The van der Waals surface area contributed by atoms with Gasteiger partial charge in [0.05, 0.1) is 23.3 Å². The number of benzene rings is 1. The zero-order chi connectivity index (χ0) is 20.1. The Balaban J connectivity index is 2.42. The lowest BCUT2D eigenvalue weighted by atomic mass is 10.1. The number of fused-ring (bicyclic) bond motifs is 1. The molecule has 2 aromatic rings. The molecule has 1 atom stereocenters. The number of methoxy groups -OCH3 is 1. The Labute approximate surface area is 166 Å². The van der Waals surface area contributed by atoms with E-state index in [0.717, 1.165) is 18.2 Å². The third-order valence-corrected chi connectivity index (χ3v) is 5.20. The van der Waals surface area contributed by atoms with Gasteiger partial charge in [-0.3, -0.25) is 19.5 Å². The topological polar surface area (TPSA) is 90.3 Å². The minimum Gasteiger partial charge on any atom is -0.453 e. The Hall–Kier alpha value is -2.06. The van der Waals surface area contributed by atoms with Crippen LogP contribution in [0.15, 0.2) is 28.2 Å². The number of carbonyl (C=O) groups is 2. The smallest absolute Gasteiger partial charge is 0.413 e. The molecule has 0 bridgehead atoms. The van der Waals surface area contributed by atoms with E-state index in [0.29, 0.717) is 33.5 Å². The number of halogens is 1. The number of amides is 2. The van der Waals surface area contributed by atoms with E-state index in [9.17, 15) is 14.4 Å². The van der Waals surface area contributed by atoms with E-state index in [-0.39, 0.29) is 5.56 Å². The van der Waals surface area contributed by atoms with Crippen molar-refractivity contribution in [3.63, 3.8) is 0 Å². The summed E-state index contributed by atoms with van der Waals surface area (Å²) in [5.74, 6) is -0.126. The number of rotatable bonds is 6. The van der Waals surface area contributed by atoms with Gasteiger partial charge < -0.3 is 4.74 Å². The maximum Gasteiger partial charge on any atom is 0.413 e. The van der Waals surface area contributed by atoms with Gasteiger partial charge in [0.15, 0.2) is 5.16 Å². The Morgan fingerprint density at radius 3 is 2.67 bits per heavy atom. The summed E-state index contributed by atoms with van der Waals surface area (Å²) >= 11 is 7.13. The van der Waals surface area contributed by atoms with Crippen molar-refractivity contribution in [3.05, 3.63) is 33.6 Å². The number of hydrogen-bond donors (Lipinski definition) is 1. The van der Waals surface area contributed by atoms with Crippen molar-refractivity contribution < 1.29 is 14.3 Å². The summed E-state index contributed by atoms with van der Waals surface area (Å²) in [6.45, 7) is 6.25. The van der Waals surface area contributed by atoms with E-state index in [2.05, 4.69) is 28.9 Å². The molecule has 7 nitrogen and oxygen atoms in total. The minimum absolute atomic E-state index is 0.180. The molecule has 0 radical (unpaired) electrons. The lowest BCUT2D eigenvalue weighted by Crippen LogP contribution is -2.36. The number of ether oxygens (including phenoxy) is 1. The molecule has 27 heavy (non-hydrogen) atoms. The number of thioether (sulfide) groups is 1. The molecular formula is C18H22ClN3O4S. The monoisotopic (exact) mass is 411 g/mol. The van der Waals surface area contributed by atoms with Crippen molar-refractivity contribution in [1.29, 1.82) is 0 Å². The normalized spacial score (nSPS) is 12.2. The number of nitrogens with one attached hydrogen (secondary N) is 1. The highest BCUT2D eigenvalue weighted by molar-refractivity contribution is 8.00. The molecule has 1 aromatic carbocycles. The lowest BCUT2D eigenvalue weighted by molar-refractivity contribution is -0.119. The van der Waals surface area contributed by atoms with Crippen LogP contribution in [0.3, 0.4) is 0 Å². The van der Waals surface area contributed by atoms with Crippen molar-refractivity contribution in [2.45, 2.75) is 44.1 Å². The second kappa shape index (κ2) is 9.23. The molecule has 2 amide bonds. The van der Waals surface area contributed by atoms with Crippen molar-refractivity contribution in [1.82, 2.24) is 14.9 Å². The number of alkyl carbamates (subject to hydrolysis) is 1. The molecule has 2 rings (SSSR count). The summed E-state index contributed by atoms with van der Waals surface area (Å²) in [6, 6.07) is 4.92. The third kappa shape index (κ3) is 5.46. The van der Waals surface area contributed by atoms with Crippen LogP contribution < -0.4 is 10.9 Å². The van der Waals surface area contributed by atoms with Crippen LogP contribution in [0, 0.1) is 5.92 Å². The molecule has 1 N–H and O–H groups in total. The molecule has 0 saturated heterocycles. The minimum atomic E-state index is -0.831. The zero-order valence-electron chi connectivity index (χ0n) is 15.6. The first-order valence-electron chi connectivity index (χ1n) is 8.48. The molecule has 146 valence electrons. The molecule has 0 aliphatic carbocycles. The SMILES string of the molecule is COC(=O)NC(=O)[C@@H](C)Sc1nc2cc(Cl)ccc2c(=O)n1CCC(C)C. The lowest BCUT2D eigenvalue weighted by Gasteiger charge is -2.16. The molecule has 0 spiro atoms. The van der Waals surface area contributed by atoms with Crippen LogP contribution in [0.4, 0.5) is 4.79 Å². The highest BCUT2D eigenvalue weighted by Gasteiger charge is 2.21. The molecule has 1 aromatic heterocycles. The van der Waals surface area contributed by atoms with Gasteiger partial charge in [0.25, 0.3) is 5.56 Å². The van der Waals surface area contributed by atoms with Crippen LogP contribution in [-0.4, -0.2) is 33.9 Å². The van der Waals surface area contributed by atoms with Gasteiger partial charge >= 0.3 is 6.09 Å². The number of carbonyl (C=O) groups excluding carboxylic acids is 2. The van der Waals surface area contributed by atoms with Crippen LogP contribution in [0.25, 0.3) is 10.9 Å². The van der Waals surface area contributed by atoms with Crippen LogP contribution in [0.2, 0.25) is 5.02 Å². The molecular weight excluding hydrogens is 390 g/mol. The number of nitrogens with zero attached hydrogens (tertiary/aromatic N) is 2. The number of aromatic nitrogens is 2. The van der Waals surface area contributed by atoms with Gasteiger partial charge in [-0.25, -0.2) is 9.78 Å². The van der Waals surface area contributed by atoms with Crippen molar-refractivity contribution in [3.8, 4) is 0 Å². The Kier molecular flexibility index (Phi) is 7.26. The van der Waals surface area contributed by atoms with Crippen molar-refractivity contribution >= 4 is 46.3 Å². The van der Waals surface area contributed by atoms with Gasteiger partial charge in [-0.05, 0) is 37.5 Å². The predicted octanol–water partition coefficient (Wildman–Crippen LogP) is 3.46. The van der Waals surface area contributed by atoms with E-state index >= 15 is 0 Å². The number of hydrogen-bond acceptors (Lipinski definition) is 6. The Bertz CT molecular complexity index is 913. The summed E-state index contributed by atoms with van der Waals surface area (Å²) in [4.78, 5) is 40.9. The van der Waals surface area contributed by atoms with Crippen LogP contribution in [0.5, 0.6) is 0 Å². The van der Waals surface area contributed by atoms with E-state index in [1.54, 1.807) is 29.7 Å². The van der Waals surface area contributed by atoms with Gasteiger partial charge in [0.1, 0.15) is 0 Å². The average Bonchev–Trinajstić information content (AvgIpc) is 2.60. The first-order valence-corrected chi connectivity index (χ1v) is 9.74. The highest BCUT2D eigenvalue weighted by atomic mass is 35.5. The third-order valence-electron chi connectivity index (χ3n) is 3.87. The van der Waals surface area contributed by atoms with E-state index in [1.165, 1.54) is 7.11 Å². The summed E-state index contributed by atoms with van der Waals surface area (Å²) in [5.41, 5.74) is 0.289. The summed E-state index contributed by atoms with van der Waals surface area (Å²) in [5, 5.41) is 2.82. The molecule has 1 heterocycles. The fourth-order valence-corrected chi connectivity index (χ4v) is 3.41. The van der Waals surface area contributed by atoms with Gasteiger partial charge in [-0.2, -0.15) is 0 Å². The average molecular weight is 412 g/mol. The summed E-state index contributed by atoms with van der Waals surface area (Å²) in [6.07, 6.45) is -0.0420. The van der Waals surface area contributed by atoms with E-state index in [1.807, 2.05) is 0 Å². The first kappa shape index (κ1) is 21.2. The van der Waals surface area contributed by atoms with Crippen LogP contribution in [-0.2, 0) is 16.1 Å². The fourth-order valence-electron chi connectivity index (χ4n) is 2.31. The largest absolute Gasteiger partial charge is 0.453 e. The first-order chi connectivity index (χ1) is 12.7.